The average Bonchev–Trinajstić information content (AvgIpc) is 3.00. The first-order chi connectivity index (χ1) is 9.10. The van der Waals surface area contributed by atoms with E-state index in [1.807, 2.05) is 29.3 Å². The van der Waals surface area contributed by atoms with Crippen molar-refractivity contribution in [3.05, 3.63) is 23.2 Å². The maximum atomic E-state index is 6.00. The summed E-state index contributed by atoms with van der Waals surface area (Å²) >= 11 is 0. The van der Waals surface area contributed by atoms with Crippen LogP contribution in [0.4, 0.5) is 5.95 Å². The third-order valence-electron chi connectivity index (χ3n) is 3.15. The minimum Gasteiger partial charge on any atom is -0.369 e. The molecule has 0 unspecified atom stereocenters. The van der Waals surface area contributed by atoms with Crippen LogP contribution in [-0.2, 0) is 20.0 Å². The number of hydrogen-bond acceptors (Lipinski definition) is 5. The van der Waals surface area contributed by atoms with E-state index < -0.39 is 0 Å². The largest absolute Gasteiger partial charge is 0.369 e. The molecule has 0 saturated heterocycles. The third-order valence-corrected chi connectivity index (χ3v) is 3.15. The third kappa shape index (κ3) is 1.78. The molecule has 100 valence electrons. The molecule has 7 nitrogen and oxygen atoms in total. The highest BCUT2D eigenvalue weighted by molar-refractivity contribution is 5.77. The average molecular weight is 260 g/mol. The van der Waals surface area contributed by atoms with Gasteiger partial charge in [-0.15, -0.1) is 0 Å². The molecule has 0 spiro atoms. The summed E-state index contributed by atoms with van der Waals surface area (Å²) in [6.07, 6.45) is 0.830. The molecule has 0 fully saturated rings. The number of nitrogen functional groups attached to an aromatic ring is 1. The van der Waals surface area contributed by atoms with Gasteiger partial charge in [0.1, 0.15) is 17.0 Å². The summed E-state index contributed by atoms with van der Waals surface area (Å²) in [5.41, 5.74) is 9.55. The van der Waals surface area contributed by atoms with Gasteiger partial charge in [0.15, 0.2) is 5.65 Å². The van der Waals surface area contributed by atoms with Crippen molar-refractivity contribution in [2.45, 2.75) is 26.8 Å². The number of fused-ring (bicyclic) bond motifs is 1. The summed E-state index contributed by atoms with van der Waals surface area (Å²) in [7, 11) is 1.90. The van der Waals surface area contributed by atoms with Crippen molar-refractivity contribution in [1.29, 1.82) is 0 Å². The van der Waals surface area contributed by atoms with E-state index in [1.54, 1.807) is 0 Å². The number of nitrogens with two attached hydrogens (primary N) is 1. The molecule has 19 heavy (non-hydrogen) atoms. The van der Waals surface area contributed by atoms with E-state index >= 15 is 0 Å². The van der Waals surface area contributed by atoms with E-state index in [0.717, 1.165) is 34.7 Å². The number of imidazole rings is 1. The van der Waals surface area contributed by atoms with Gasteiger partial charge in [0.25, 0.3) is 0 Å². The molecule has 7 heteroatoms. The standard InChI is InChI=1S/C12H16N6O/c1-4-9-10-11(17(3)15-9)18(12(13)14-10)6-8-5-7(2)19-16-8/h5H,4,6H2,1-3H3,(H2,13,14). The fourth-order valence-corrected chi connectivity index (χ4v) is 2.31. The van der Waals surface area contributed by atoms with Crippen LogP contribution in [0.25, 0.3) is 11.2 Å². The van der Waals surface area contributed by atoms with Gasteiger partial charge in [0.2, 0.25) is 5.95 Å². The van der Waals surface area contributed by atoms with Gasteiger partial charge in [-0.25, -0.2) is 4.98 Å². The molecule has 0 aliphatic heterocycles. The second-order valence-corrected chi connectivity index (χ2v) is 4.58. The highest BCUT2D eigenvalue weighted by Crippen LogP contribution is 2.22. The molecule has 0 aliphatic rings. The zero-order valence-electron chi connectivity index (χ0n) is 11.2. The Morgan fingerprint density at radius 1 is 1.42 bits per heavy atom. The van der Waals surface area contributed by atoms with E-state index in [-0.39, 0.29) is 0 Å². The highest BCUT2D eigenvalue weighted by atomic mass is 16.5. The number of rotatable bonds is 3. The Labute approximate surface area is 110 Å². The van der Waals surface area contributed by atoms with Crippen molar-refractivity contribution in [3.8, 4) is 0 Å². The van der Waals surface area contributed by atoms with Gasteiger partial charge >= 0.3 is 0 Å². The number of aromatic nitrogens is 5. The van der Waals surface area contributed by atoms with E-state index in [1.165, 1.54) is 0 Å². The van der Waals surface area contributed by atoms with E-state index in [0.29, 0.717) is 12.5 Å². The van der Waals surface area contributed by atoms with Crippen LogP contribution in [-0.4, -0.2) is 24.5 Å². The van der Waals surface area contributed by atoms with Gasteiger partial charge in [0, 0.05) is 13.1 Å². The fourth-order valence-electron chi connectivity index (χ4n) is 2.31. The van der Waals surface area contributed by atoms with Crippen molar-refractivity contribution in [2.75, 3.05) is 5.73 Å². The van der Waals surface area contributed by atoms with Crippen LogP contribution in [0.5, 0.6) is 0 Å². The Morgan fingerprint density at radius 2 is 2.21 bits per heavy atom. The lowest BCUT2D eigenvalue weighted by Gasteiger charge is -2.03. The quantitative estimate of drug-likeness (QED) is 0.766. The second-order valence-electron chi connectivity index (χ2n) is 4.58. The molecule has 0 aliphatic carbocycles. The summed E-state index contributed by atoms with van der Waals surface area (Å²) in [6, 6.07) is 1.89. The lowest BCUT2D eigenvalue weighted by molar-refractivity contribution is 0.389. The van der Waals surface area contributed by atoms with Crippen molar-refractivity contribution in [1.82, 2.24) is 24.5 Å². The van der Waals surface area contributed by atoms with Crippen molar-refractivity contribution < 1.29 is 4.52 Å². The van der Waals surface area contributed by atoms with Crippen molar-refractivity contribution in [2.24, 2.45) is 7.05 Å². The SMILES string of the molecule is CCc1nn(C)c2c1nc(N)n2Cc1cc(C)on1. The Morgan fingerprint density at radius 3 is 2.84 bits per heavy atom. The Kier molecular flexibility index (Phi) is 2.55. The van der Waals surface area contributed by atoms with Crippen LogP contribution in [0.2, 0.25) is 0 Å². The molecular weight excluding hydrogens is 244 g/mol. The predicted octanol–water partition coefficient (Wildman–Crippen LogP) is 1.26. The topological polar surface area (TPSA) is 87.7 Å². The van der Waals surface area contributed by atoms with Crippen molar-refractivity contribution >= 4 is 17.1 Å². The van der Waals surface area contributed by atoms with E-state index in [2.05, 4.69) is 22.2 Å². The maximum Gasteiger partial charge on any atom is 0.202 e. The molecule has 0 bridgehead atoms. The van der Waals surface area contributed by atoms with Crippen LogP contribution in [0.1, 0.15) is 24.1 Å². The first kappa shape index (κ1) is 11.8. The Bertz CT molecular complexity index is 735. The highest BCUT2D eigenvalue weighted by Gasteiger charge is 2.17. The predicted molar refractivity (Wildman–Crippen MR) is 70.6 cm³/mol. The molecule has 3 aromatic rings. The van der Waals surface area contributed by atoms with Crippen LogP contribution in [0, 0.1) is 6.92 Å². The molecule has 2 N–H and O–H groups in total. The Hall–Kier alpha value is -2.31. The van der Waals surface area contributed by atoms with E-state index in [4.69, 9.17) is 10.3 Å². The zero-order chi connectivity index (χ0) is 13.6. The van der Waals surface area contributed by atoms with Crippen LogP contribution in [0.15, 0.2) is 10.6 Å². The summed E-state index contributed by atoms with van der Waals surface area (Å²) in [5.74, 6) is 1.25. The molecule has 0 amide bonds. The van der Waals surface area contributed by atoms with Gasteiger partial charge in [0.05, 0.1) is 12.2 Å². The molecular formula is C12H16N6O. The normalized spacial score (nSPS) is 11.5. The number of aryl methyl sites for hydroxylation is 3. The van der Waals surface area contributed by atoms with Gasteiger partial charge in [-0.1, -0.05) is 12.1 Å². The summed E-state index contributed by atoms with van der Waals surface area (Å²) in [6.45, 7) is 4.45. The summed E-state index contributed by atoms with van der Waals surface area (Å²) < 4.78 is 8.79. The second kappa shape index (κ2) is 4.11. The molecule has 0 aromatic carbocycles. The summed E-state index contributed by atoms with van der Waals surface area (Å²) in [5, 5.41) is 8.44. The molecule has 3 heterocycles. The first-order valence-corrected chi connectivity index (χ1v) is 6.20. The monoisotopic (exact) mass is 260 g/mol. The number of nitrogens with zero attached hydrogens (tertiary/aromatic N) is 5. The number of anilines is 1. The van der Waals surface area contributed by atoms with Crippen LogP contribution >= 0.6 is 0 Å². The number of hydrogen-bond donors (Lipinski definition) is 1. The lowest BCUT2D eigenvalue weighted by atomic mass is 10.3. The van der Waals surface area contributed by atoms with Gasteiger partial charge in [-0.05, 0) is 13.3 Å². The minimum atomic E-state index is 0.471. The molecule has 0 atom stereocenters. The zero-order valence-corrected chi connectivity index (χ0v) is 11.2. The van der Waals surface area contributed by atoms with Gasteiger partial charge in [-0.2, -0.15) is 5.10 Å². The molecule has 0 saturated carbocycles. The van der Waals surface area contributed by atoms with Gasteiger partial charge < -0.3 is 10.3 Å². The minimum absolute atomic E-state index is 0.471. The molecule has 3 aromatic heterocycles. The maximum absolute atomic E-state index is 6.00. The smallest absolute Gasteiger partial charge is 0.202 e. The molecule has 0 radical (unpaired) electrons. The van der Waals surface area contributed by atoms with Gasteiger partial charge in [-0.3, -0.25) is 9.25 Å². The molecule has 3 rings (SSSR count). The van der Waals surface area contributed by atoms with Crippen LogP contribution in [0.3, 0.4) is 0 Å². The van der Waals surface area contributed by atoms with Crippen LogP contribution < -0.4 is 5.73 Å². The summed E-state index contributed by atoms with van der Waals surface area (Å²) in [4.78, 5) is 4.41. The lowest BCUT2D eigenvalue weighted by Crippen LogP contribution is -2.08. The first-order valence-electron chi connectivity index (χ1n) is 6.20. The fraction of sp³-hybridized carbons (Fsp3) is 0.417. The Balaban J connectivity index is 2.12. The van der Waals surface area contributed by atoms with E-state index in [9.17, 15) is 0 Å². The van der Waals surface area contributed by atoms with Crippen molar-refractivity contribution in [3.63, 3.8) is 0 Å².